The molecule has 8 heteroatoms. The summed E-state index contributed by atoms with van der Waals surface area (Å²) in [5.41, 5.74) is 6.81. The SMILES string of the molecule is COC(CN)CC(=O)NC1CCN(Cc2ccc(Cl)cc2)CC1.Cl.Cl. The smallest absolute Gasteiger partial charge is 0.222 e. The van der Waals surface area contributed by atoms with Gasteiger partial charge in [0.2, 0.25) is 5.91 Å². The summed E-state index contributed by atoms with van der Waals surface area (Å²) in [6.07, 6.45) is 2.08. The van der Waals surface area contributed by atoms with Gasteiger partial charge in [-0.3, -0.25) is 9.69 Å². The van der Waals surface area contributed by atoms with E-state index in [1.807, 2.05) is 12.1 Å². The monoisotopic (exact) mass is 411 g/mol. The van der Waals surface area contributed by atoms with Crippen molar-refractivity contribution in [1.29, 1.82) is 0 Å². The minimum atomic E-state index is -0.194. The molecular formula is C17H28Cl3N3O2. The van der Waals surface area contributed by atoms with E-state index in [4.69, 9.17) is 22.1 Å². The number of carbonyl (C=O) groups is 1. The Kier molecular flexibility index (Phi) is 12.5. The summed E-state index contributed by atoms with van der Waals surface area (Å²) in [6.45, 7) is 3.26. The topological polar surface area (TPSA) is 67.6 Å². The molecule has 1 fully saturated rings. The highest BCUT2D eigenvalue weighted by Gasteiger charge is 2.21. The molecule has 144 valence electrons. The number of methoxy groups -OCH3 is 1. The Bertz CT molecular complexity index is 490. The van der Waals surface area contributed by atoms with E-state index in [0.717, 1.165) is 37.5 Å². The zero-order chi connectivity index (χ0) is 16.7. The second-order valence-electron chi connectivity index (χ2n) is 6.04. The van der Waals surface area contributed by atoms with Gasteiger partial charge in [-0.05, 0) is 30.5 Å². The number of halogens is 3. The number of nitrogens with zero attached hydrogens (tertiary/aromatic N) is 1. The lowest BCUT2D eigenvalue weighted by Crippen LogP contribution is -2.45. The van der Waals surface area contributed by atoms with Gasteiger partial charge < -0.3 is 15.8 Å². The van der Waals surface area contributed by atoms with E-state index < -0.39 is 0 Å². The van der Waals surface area contributed by atoms with Gasteiger partial charge in [0.15, 0.2) is 0 Å². The average Bonchev–Trinajstić information content (AvgIpc) is 2.56. The maximum Gasteiger partial charge on any atom is 0.222 e. The van der Waals surface area contributed by atoms with Gasteiger partial charge in [0.05, 0.1) is 12.5 Å². The van der Waals surface area contributed by atoms with Gasteiger partial charge in [0.1, 0.15) is 0 Å². The fourth-order valence-electron chi connectivity index (χ4n) is 2.84. The van der Waals surface area contributed by atoms with Gasteiger partial charge in [-0.25, -0.2) is 0 Å². The molecule has 1 aromatic rings. The van der Waals surface area contributed by atoms with E-state index in [9.17, 15) is 4.79 Å². The van der Waals surface area contributed by atoms with Crippen molar-refractivity contribution in [2.24, 2.45) is 5.73 Å². The highest BCUT2D eigenvalue weighted by molar-refractivity contribution is 6.30. The fraction of sp³-hybridized carbons (Fsp3) is 0.588. The summed E-state index contributed by atoms with van der Waals surface area (Å²) in [6, 6.07) is 8.22. The van der Waals surface area contributed by atoms with E-state index in [0.29, 0.717) is 13.0 Å². The minimum Gasteiger partial charge on any atom is -0.380 e. The lowest BCUT2D eigenvalue weighted by Gasteiger charge is -2.32. The zero-order valence-electron chi connectivity index (χ0n) is 14.4. The van der Waals surface area contributed by atoms with E-state index in [-0.39, 0.29) is 42.9 Å². The second-order valence-corrected chi connectivity index (χ2v) is 6.48. The summed E-state index contributed by atoms with van der Waals surface area (Å²) in [5.74, 6) is 0.0263. The lowest BCUT2D eigenvalue weighted by atomic mass is 10.0. The molecule has 5 nitrogen and oxygen atoms in total. The number of carbonyl (C=O) groups excluding carboxylic acids is 1. The second kappa shape index (κ2) is 12.7. The number of ether oxygens (including phenoxy) is 1. The van der Waals surface area contributed by atoms with Gasteiger partial charge in [0, 0.05) is 44.4 Å². The molecular weight excluding hydrogens is 385 g/mol. The largest absolute Gasteiger partial charge is 0.380 e. The number of piperidine rings is 1. The Morgan fingerprint density at radius 2 is 1.92 bits per heavy atom. The molecule has 3 N–H and O–H groups in total. The van der Waals surface area contributed by atoms with Crippen molar-refractivity contribution >= 4 is 42.3 Å². The van der Waals surface area contributed by atoms with Gasteiger partial charge in [-0.2, -0.15) is 0 Å². The number of amides is 1. The summed E-state index contributed by atoms with van der Waals surface area (Å²) < 4.78 is 5.15. The molecule has 1 unspecified atom stereocenters. The highest BCUT2D eigenvalue weighted by Crippen LogP contribution is 2.16. The maximum atomic E-state index is 12.0. The quantitative estimate of drug-likeness (QED) is 0.722. The molecule has 1 aliphatic heterocycles. The third-order valence-electron chi connectivity index (χ3n) is 4.28. The van der Waals surface area contributed by atoms with Crippen LogP contribution in [0.2, 0.25) is 5.02 Å². The third-order valence-corrected chi connectivity index (χ3v) is 4.53. The Labute approximate surface area is 167 Å². The van der Waals surface area contributed by atoms with Crippen LogP contribution in [0.5, 0.6) is 0 Å². The standard InChI is InChI=1S/C17H26ClN3O2.2ClH/c1-23-16(11-19)10-17(22)20-15-6-8-21(9-7-15)12-13-2-4-14(18)5-3-13;;/h2-5,15-16H,6-12,19H2,1H3,(H,20,22);2*1H. The van der Waals surface area contributed by atoms with Crippen LogP contribution in [0, 0.1) is 0 Å². The van der Waals surface area contributed by atoms with Crippen LogP contribution in [0.15, 0.2) is 24.3 Å². The lowest BCUT2D eigenvalue weighted by molar-refractivity contribution is -0.124. The van der Waals surface area contributed by atoms with Gasteiger partial charge in [0.25, 0.3) is 0 Å². The van der Waals surface area contributed by atoms with Crippen LogP contribution < -0.4 is 11.1 Å². The van der Waals surface area contributed by atoms with E-state index >= 15 is 0 Å². The minimum absolute atomic E-state index is 0. The molecule has 0 saturated carbocycles. The van der Waals surface area contributed by atoms with Crippen molar-refractivity contribution in [1.82, 2.24) is 10.2 Å². The van der Waals surface area contributed by atoms with Crippen LogP contribution in [-0.4, -0.2) is 49.7 Å². The maximum absolute atomic E-state index is 12.0. The number of rotatable bonds is 7. The predicted octanol–water partition coefficient (Wildman–Crippen LogP) is 2.63. The highest BCUT2D eigenvalue weighted by atomic mass is 35.5. The molecule has 0 radical (unpaired) electrons. The molecule has 0 spiro atoms. The number of benzene rings is 1. The molecule has 1 aromatic carbocycles. The first-order chi connectivity index (χ1) is 11.1. The van der Waals surface area contributed by atoms with Crippen molar-refractivity contribution in [2.75, 3.05) is 26.7 Å². The number of nitrogens with one attached hydrogen (secondary N) is 1. The first kappa shape index (κ1) is 24.4. The van der Waals surface area contributed by atoms with E-state index in [1.165, 1.54) is 5.56 Å². The predicted molar refractivity (Wildman–Crippen MR) is 107 cm³/mol. The zero-order valence-corrected chi connectivity index (χ0v) is 16.8. The van der Waals surface area contributed by atoms with Gasteiger partial charge in [-0.1, -0.05) is 23.7 Å². The van der Waals surface area contributed by atoms with Crippen molar-refractivity contribution in [3.63, 3.8) is 0 Å². The van der Waals surface area contributed by atoms with Crippen molar-refractivity contribution in [2.45, 2.75) is 38.0 Å². The van der Waals surface area contributed by atoms with Crippen LogP contribution in [0.3, 0.4) is 0 Å². The summed E-state index contributed by atoms with van der Waals surface area (Å²) in [5, 5.41) is 3.86. The summed E-state index contributed by atoms with van der Waals surface area (Å²) in [4.78, 5) is 14.4. The van der Waals surface area contributed by atoms with Crippen molar-refractivity contribution < 1.29 is 9.53 Å². The molecule has 0 aromatic heterocycles. The van der Waals surface area contributed by atoms with Crippen molar-refractivity contribution in [3.05, 3.63) is 34.9 Å². The van der Waals surface area contributed by atoms with Crippen LogP contribution >= 0.6 is 36.4 Å². The molecule has 1 heterocycles. The Morgan fingerprint density at radius 3 is 2.44 bits per heavy atom. The van der Waals surface area contributed by atoms with Crippen LogP contribution in [0.1, 0.15) is 24.8 Å². The number of likely N-dealkylation sites (tertiary alicyclic amines) is 1. The Hall–Kier alpha value is -0.560. The Balaban J connectivity index is 0.00000288. The number of hydrogen-bond acceptors (Lipinski definition) is 4. The molecule has 0 bridgehead atoms. The molecule has 1 amide bonds. The van der Waals surface area contributed by atoms with E-state index in [2.05, 4.69) is 22.3 Å². The molecule has 1 atom stereocenters. The van der Waals surface area contributed by atoms with Crippen molar-refractivity contribution in [3.8, 4) is 0 Å². The number of hydrogen-bond donors (Lipinski definition) is 2. The first-order valence-electron chi connectivity index (χ1n) is 8.09. The van der Waals surface area contributed by atoms with Gasteiger partial charge >= 0.3 is 0 Å². The van der Waals surface area contributed by atoms with Crippen LogP contribution in [-0.2, 0) is 16.1 Å². The molecule has 1 aliphatic rings. The van der Waals surface area contributed by atoms with Gasteiger partial charge in [-0.15, -0.1) is 24.8 Å². The molecule has 25 heavy (non-hydrogen) atoms. The molecule has 0 aliphatic carbocycles. The molecule has 1 saturated heterocycles. The first-order valence-corrected chi connectivity index (χ1v) is 8.47. The van der Waals surface area contributed by atoms with Crippen LogP contribution in [0.4, 0.5) is 0 Å². The summed E-state index contributed by atoms with van der Waals surface area (Å²) >= 11 is 5.91. The fourth-order valence-corrected chi connectivity index (χ4v) is 2.97. The normalized spacial score (nSPS) is 16.4. The molecule has 2 rings (SSSR count). The number of nitrogens with two attached hydrogens (primary N) is 1. The Morgan fingerprint density at radius 1 is 1.32 bits per heavy atom. The third kappa shape index (κ3) is 8.58. The average molecular weight is 413 g/mol. The summed E-state index contributed by atoms with van der Waals surface area (Å²) in [7, 11) is 1.58. The van der Waals surface area contributed by atoms with Crippen LogP contribution in [0.25, 0.3) is 0 Å². The van der Waals surface area contributed by atoms with E-state index in [1.54, 1.807) is 7.11 Å².